The van der Waals surface area contributed by atoms with Crippen LogP contribution in [0.4, 0.5) is 0 Å². The fraction of sp³-hybridized carbons (Fsp3) is 0.714. The van der Waals surface area contributed by atoms with E-state index in [0.717, 1.165) is 11.8 Å². The molecule has 1 atom stereocenters. The first-order valence-corrected chi connectivity index (χ1v) is 6.03. The minimum Gasteiger partial charge on any atom is -0.0956 e. The third-order valence-corrected chi connectivity index (χ3v) is 3.09. The van der Waals surface area contributed by atoms with Crippen LogP contribution in [0.25, 0.3) is 0 Å². The molecule has 0 heteroatoms. The van der Waals surface area contributed by atoms with Gasteiger partial charge in [-0.2, -0.15) is 0 Å². The average Bonchev–Trinajstić information content (AvgIpc) is 2.45. The van der Waals surface area contributed by atoms with Crippen molar-refractivity contribution < 1.29 is 0 Å². The van der Waals surface area contributed by atoms with Crippen LogP contribution in [0.1, 0.15) is 52.9 Å². The van der Waals surface area contributed by atoms with Gasteiger partial charge in [-0.25, -0.2) is 0 Å². The van der Waals surface area contributed by atoms with Crippen LogP contribution in [-0.2, 0) is 0 Å². The van der Waals surface area contributed by atoms with Gasteiger partial charge in [0.05, 0.1) is 0 Å². The average molecular weight is 192 g/mol. The topological polar surface area (TPSA) is 0 Å². The molecule has 0 N–H and O–H groups in total. The van der Waals surface area contributed by atoms with E-state index in [1.807, 2.05) is 0 Å². The molecule has 1 saturated carbocycles. The van der Waals surface area contributed by atoms with Crippen molar-refractivity contribution in [2.24, 2.45) is 11.8 Å². The van der Waals surface area contributed by atoms with Gasteiger partial charge in [-0.05, 0) is 43.1 Å². The quantitative estimate of drug-likeness (QED) is 0.604. The summed E-state index contributed by atoms with van der Waals surface area (Å²) in [6, 6.07) is 0. The monoisotopic (exact) mass is 192 g/mol. The molecule has 0 bridgehead atoms. The molecule has 0 heterocycles. The van der Waals surface area contributed by atoms with Crippen LogP contribution in [0.2, 0.25) is 0 Å². The lowest BCUT2D eigenvalue weighted by molar-refractivity contribution is 0.558. The molecule has 0 spiro atoms. The van der Waals surface area contributed by atoms with Crippen LogP contribution < -0.4 is 0 Å². The second-order valence-corrected chi connectivity index (χ2v) is 4.92. The maximum Gasteiger partial charge on any atom is -0.0160 e. The standard InChI is InChI=1S/C14H24/c1-5-6-13-9-8-12(4)14(13)10-7-11(2)3/h10-11,13H,4-9H2,1-3H3/b14-10+. The van der Waals surface area contributed by atoms with Crippen LogP contribution >= 0.6 is 0 Å². The molecule has 0 aromatic carbocycles. The SMILES string of the molecule is C=C1CCC(CCC)/C1=C/CC(C)C. The molecule has 1 aliphatic carbocycles. The molecular weight excluding hydrogens is 168 g/mol. The van der Waals surface area contributed by atoms with Gasteiger partial charge in [-0.15, -0.1) is 0 Å². The summed E-state index contributed by atoms with van der Waals surface area (Å²) in [4.78, 5) is 0. The summed E-state index contributed by atoms with van der Waals surface area (Å²) in [7, 11) is 0. The summed E-state index contributed by atoms with van der Waals surface area (Å²) in [5.41, 5.74) is 2.99. The number of hydrogen-bond donors (Lipinski definition) is 0. The van der Waals surface area contributed by atoms with Crippen LogP contribution in [-0.4, -0.2) is 0 Å². The highest BCUT2D eigenvalue weighted by molar-refractivity contribution is 5.35. The number of allylic oxidation sites excluding steroid dienone is 3. The zero-order valence-corrected chi connectivity index (χ0v) is 9.97. The predicted molar refractivity (Wildman–Crippen MR) is 64.3 cm³/mol. The normalized spacial score (nSPS) is 25.3. The Morgan fingerprint density at radius 2 is 2.21 bits per heavy atom. The Kier molecular flexibility index (Phi) is 4.44. The Morgan fingerprint density at radius 1 is 1.50 bits per heavy atom. The molecule has 0 aliphatic heterocycles. The van der Waals surface area contributed by atoms with Crippen molar-refractivity contribution in [3.05, 3.63) is 23.8 Å². The first kappa shape index (κ1) is 11.6. The lowest BCUT2D eigenvalue weighted by Gasteiger charge is -2.11. The molecular formula is C14H24. The molecule has 1 unspecified atom stereocenters. The highest BCUT2D eigenvalue weighted by atomic mass is 14.3. The molecule has 0 aromatic heterocycles. The molecule has 0 radical (unpaired) electrons. The Labute approximate surface area is 89.1 Å². The Morgan fingerprint density at radius 3 is 2.79 bits per heavy atom. The highest BCUT2D eigenvalue weighted by Crippen LogP contribution is 2.38. The van der Waals surface area contributed by atoms with Gasteiger partial charge in [0, 0.05) is 0 Å². The highest BCUT2D eigenvalue weighted by Gasteiger charge is 2.22. The maximum atomic E-state index is 4.18. The largest absolute Gasteiger partial charge is 0.0956 e. The molecule has 0 saturated heterocycles. The number of rotatable bonds is 4. The van der Waals surface area contributed by atoms with Gasteiger partial charge in [0.1, 0.15) is 0 Å². The molecule has 0 nitrogen and oxygen atoms in total. The summed E-state index contributed by atoms with van der Waals surface area (Å²) in [6.07, 6.45) is 8.89. The summed E-state index contributed by atoms with van der Waals surface area (Å²) in [5.74, 6) is 1.60. The summed E-state index contributed by atoms with van der Waals surface area (Å²) in [5, 5.41) is 0. The van der Waals surface area contributed by atoms with Crippen molar-refractivity contribution in [2.75, 3.05) is 0 Å². The van der Waals surface area contributed by atoms with E-state index in [4.69, 9.17) is 0 Å². The van der Waals surface area contributed by atoms with Crippen molar-refractivity contribution in [1.29, 1.82) is 0 Å². The molecule has 0 aromatic rings. The first-order valence-electron chi connectivity index (χ1n) is 6.03. The lowest BCUT2D eigenvalue weighted by atomic mass is 9.94. The van der Waals surface area contributed by atoms with E-state index in [-0.39, 0.29) is 0 Å². The zero-order valence-electron chi connectivity index (χ0n) is 9.97. The lowest BCUT2D eigenvalue weighted by Crippen LogP contribution is -1.97. The third-order valence-electron chi connectivity index (χ3n) is 3.09. The number of hydrogen-bond acceptors (Lipinski definition) is 0. The first-order chi connectivity index (χ1) is 6.65. The van der Waals surface area contributed by atoms with E-state index in [1.54, 1.807) is 5.57 Å². The van der Waals surface area contributed by atoms with Gasteiger partial charge in [0.25, 0.3) is 0 Å². The minimum absolute atomic E-state index is 0.776. The molecule has 1 aliphatic rings. The molecule has 14 heavy (non-hydrogen) atoms. The Bertz CT molecular complexity index is 220. The molecule has 1 rings (SSSR count). The van der Waals surface area contributed by atoms with Gasteiger partial charge >= 0.3 is 0 Å². The van der Waals surface area contributed by atoms with E-state index in [9.17, 15) is 0 Å². The van der Waals surface area contributed by atoms with Crippen LogP contribution in [0.3, 0.4) is 0 Å². The van der Waals surface area contributed by atoms with Gasteiger partial charge < -0.3 is 0 Å². The molecule has 80 valence electrons. The van der Waals surface area contributed by atoms with E-state index < -0.39 is 0 Å². The van der Waals surface area contributed by atoms with Crippen molar-refractivity contribution in [3.8, 4) is 0 Å². The fourth-order valence-electron chi connectivity index (χ4n) is 2.26. The van der Waals surface area contributed by atoms with Gasteiger partial charge in [0.15, 0.2) is 0 Å². The van der Waals surface area contributed by atoms with E-state index >= 15 is 0 Å². The van der Waals surface area contributed by atoms with E-state index in [0.29, 0.717) is 0 Å². The second kappa shape index (κ2) is 5.38. The van der Waals surface area contributed by atoms with Crippen molar-refractivity contribution >= 4 is 0 Å². The fourth-order valence-corrected chi connectivity index (χ4v) is 2.26. The second-order valence-electron chi connectivity index (χ2n) is 4.92. The minimum atomic E-state index is 0.776. The summed E-state index contributed by atoms with van der Waals surface area (Å²) < 4.78 is 0. The third kappa shape index (κ3) is 3.01. The Hall–Kier alpha value is -0.520. The molecule has 1 fully saturated rings. The van der Waals surface area contributed by atoms with Crippen LogP contribution in [0.5, 0.6) is 0 Å². The van der Waals surface area contributed by atoms with Gasteiger partial charge in [-0.1, -0.05) is 45.4 Å². The van der Waals surface area contributed by atoms with Gasteiger partial charge in [0.2, 0.25) is 0 Å². The van der Waals surface area contributed by atoms with Crippen molar-refractivity contribution in [1.82, 2.24) is 0 Å². The summed E-state index contributed by atoms with van der Waals surface area (Å²) in [6.45, 7) is 11.0. The van der Waals surface area contributed by atoms with Gasteiger partial charge in [-0.3, -0.25) is 0 Å². The van der Waals surface area contributed by atoms with E-state index in [1.165, 1.54) is 37.7 Å². The van der Waals surface area contributed by atoms with Crippen molar-refractivity contribution in [3.63, 3.8) is 0 Å². The summed E-state index contributed by atoms with van der Waals surface area (Å²) >= 11 is 0. The van der Waals surface area contributed by atoms with Crippen LogP contribution in [0, 0.1) is 11.8 Å². The zero-order chi connectivity index (χ0) is 10.6. The smallest absolute Gasteiger partial charge is 0.0160 e. The maximum absolute atomic E-state index is 4.18. The van der Waals surface area contributed by atoms with Crippen LogP contribution in [0.15, 0.2) is 23.8 Å². The Balaban J connectivity index is 2.61. The molecule has 0 amide bonds. The van der Waals surface area contributed by atoms with E-state index in [2.05, 4.69) is 33.4 Å². The van der Waals surface area contributed by atoms with Crippen molar-refractivity contribution in [2.45, 2.75) is 52.9 Å². The predicted octanol–water partition coefficient (Wildman–Crippen LogP) is 4.73.